The first-order valence-corrected chi connectivity index (χ1v) is 8.67. The van der Waals surface area contributed by atoms with Crippen molar-refractivity contribution in [3.05, 3.63) is 0 Å². The summed E-state index contributed by atoms with van der Waals surface area (Å²) in [6, 6.07) is 0.361. The van der Waals surface area contributed by atoms with Crippen LogP contribution in [0.2, 0.25) is 0 Å². The monoisotopic (exact) mass is 261 g/mol. The Morgan fingerprint density at radius 3 is 2.76 bits per heavy atom. The molecule has 17 heavy (non-hydrogen) atoms. The fraction of sp³-hybridized carbons (Fsp3) is 1.00. The second kappa shape index (κ2) is 6.37. The van der Waals surface area contributed by atoms with Crippen LogP contribution in [0.1, 0.15) is 27.2 Å². The summed E-state index contributed by atoms with van der Waals surface area (Å²) < 4.78 is 23.6. The molecule has 0 aliphatic carbocycles. The molecule has 1 fully saturated rings. The topological polar surface area (TPSA) is 47.6 Å². The summed E-state index contributed by atoms with van der Waals surface area (Å²) in [5, 5.41) is 3.29. The minimum atomic E-state index is -2.30. The molecule has 0 saturated carbocycles. The minimum Gasteiger partial charge on any atom is -0.380 e. The van der Waals surface area contributed by atoms with Crippen molar-refractivity contribution in [1.29, 1.82) is 0 Å². The molecule has 1 aliphatic heterocycles. The van der Waals surface area contributed by atoms with Gasteiger partial charge in [0, 0.05) is 31.0 Å². The SMILES string of the molecule is B[C@H]1CC(NP(C)(=O)C(C)C)[C@@H](COCC)O1. The summed E-state index contributed by atoms with van der Waals surface area (Å²) >= 11 is 0. The largest absolute Gasteiger partial charge is 0.380 e. The van der Waals surface area contributed by atoms with Gasteiger partial charge in [0.2, 0.25) is 0 Å². The predicted octanol–water partition coefficient (Wildman–Crippen LogP) is 1.05. The van der Waals surface area contributed by atoms with Gasteiger partial charge < -0.3 is 14.0 Å². The number of hydrogen-bond donors (Lipinski definition) is 1. The zero-order chi connectivity index (χ0) is 13.1. The molecule has 0 radical (unpaired) electrons. The lowest BCUT2D eigenvalue weighted by molar-refractivity contribution is 0.00457. The Hall–Kier alpha value is 0.175. The highest BCUT2D eigenvalue weighted by molar-refractivity contribution is 7.61. The van der Waals surface area contributed by atoms with Crippen LogP contribution in [0.4, 0.5) is 0 Å². The zero-order valence-corrected chi connectivity index (χ0v) is 12.5. The first-order chi connectivity index (χ1) is 7.86. The maximum atomic E-state index is 12.4. The van der Waals surface area contributed by atoms with E-state index in [0.717, 1.165) is 6.42 Å². The molecule has 0 amide bonds. The molecule has 4 nitrogen and oxygen atoms in total. The third-order valence-electron chi connectivity index (χ3n) is 3.34. The van der Waals surface area contributed by atoms with Crippen molar-refractivity contribution in [2.45, 2.75) is 51.0 Å². The quantitative estimate of drug-likeness (QED) is 0.573. The Balaban J connectivity index is 2.58. The van der Waals surface area contributed by atoms with E-state index in [2.05, 4.69) is 12.9 Å². The first-order valence-electron chi connectivity index (χ1n) is 6.45. The Morgan fingerprint density at radius 2 is 2.24 bits per heavy atom. The van der Waals surface area contributed by atoms with Crippen LogP contribution in [0, 0.1) is 0 Å². The third-order valence-corrected chi connectivity index (χ3v) is 6.15. The highest BCUT2D eigenvalue weighted by Gasteiger charge is 2.36. The standard InChI is InChI=1S/C11H25BNO3P/c1-5-15-7-10-9(6-11(12)16-10)13-17(4,14)8(2)3/h8-11H,5-7,12H2,1-4H3,(H,13,14)/t9?,10-,11-,17?/m1/s1. The Bertz CT molecular complexity index is 288. The third kappa shape index (κ3) is 4.40. The minimum absolute atomic E-state index is 0.0250. The average molecular weight is 261 g/mol. The van der Waals surface area contributed by atoms with Gasteiger partial charge in [0.15, 0.2) is 0 Å². The van der Waals surface area contributed by atoms with Gasteiger partial charge in [-0.2, -0.15) is 0 Å². The van der Waals surface area contributed by atoms with Crippen molar-refractivity contribution in [2.24, 2.45) is 0 Å². The molecule has 2 unspecified atom stereocenters. The molecule has 1 aliphatic rings. The summed E-state index contributed by atoms with van der Waals surface area (Å²) in [6.45, 7) is 9.04. The van der Waals surface area contributed by atoms with Crippen LogP contribution < -0.4 is 5.09 Å². The van der Waals surface area contributed by atoms with Crippen LogP contribution in [0.5, 0.6) is 0 Å². The summed E-state index contributed by atoms with van der Waals surface area (Å²) in [4.78, 5) is 0. The normalized spacial score (nSPS) is 32.9. The zero-order valence-electron chi connectivity index (χ0n) is 11.6. The average Bonchev–Trinajstić information content (AvgIpc) is 2.54. The van der Waals surface area contributed by atoms with Gasteiger partial charge in [0.25, 0.3) is 0 Å². The second-order valence-corrected chi connectivity index (χ2v) is 8.47. The van der Waals surface area contributed by atoms with Gasteiger partial charge in [0.1, 0.15) is 15.1 Å². The number of rotatable bonds is 6. The van der Waals surface area contributed by atoms with Crippen molar-refractivity contribution in [1.82, 2.24) is 5.09 Å². The lowest BCUT2D eigenvalue weighted by Crippen LogP contribution is -2.38. The maximum absolute atomic E-state index is 12.4. The van der Waals surface area contributed by atoms with Crippen LogP contribution in [0.3, 0.4) is 0 Å². The Morgan fingerprint density at radius 1 is 1.59 bits per heavy atom. The van der Waals surface area contributed by atoms with E-state index >= 15 is 0 Å². The van der Waals surface area contributed by atoms with E-state index in [-0.39, 0.29) is 23.8 Å². The molecule has 1 saturated heterocycles. The van der Waals surface area contributed by atoms with E-state index < -0.39 is 7.29 Å². The van der Waals surface area contributed by atoms with Gasteiger partial charge in [-0.15, -0.1) is 0 Å². The Labute approximate surface area is 106 Å². The van der Waals surface area contributed by atoms with E-state index in [0.29, 0.717) is 13.2 Å². The van der Waals surface area contributed by atoms with E-state index in [1.54, 1.807) is 0 Å². The molecule has 6 heteroatoms. The smallest absolute Gasteiger partial charge is 0.147 e. The first kappa shape index (κ1) is 15.2. The van der Waals surface area contributed by atoms with Crippen molar-refractivity contribution >= 4 is 15.1 Å². The van der Waals surface area contributed by atoms with E-state index in [1.807, 2.05) is 27.4 Å². The summed E-state index contributed by atoms with van der Waals surface area (Å²) in [7, 11) is -0.243. The molecule has 0 spiro atoms. The molecule has 0 bridgehead atoms. The maximum Gasteiger partial charge on any atom is 0.147 e. The summed E-state index contributed by atoms with van der Waals surface area (Å²) in [6.07, 6.45) is 0.930. The van der Waals surface area contributed by atoms with Gasteiger partial charge in [0.05, 0.1) is 12.7 Å². The van der Waals surface area contributed by atoms with Crippen LogP contribution in [0.15, 0.2) is 0 Å². The molecule has 100 valence electrons. The number of nitrogens with one attached hydrogen (secondary N) is 1. The van der Waals surface area contributed by atoms with Crippen LogP contribution >= 0.6 is 7.29 Å². The van der Waals surface area contributed by atoms with E-state index in [4.69, 9.17) is 9.47 Å². The molecule has 1 rings (SSSR count). The fourth-order valence-electron chi connectivity index (χ4n) is 1.96. The molecule has 1 N–H and O–H groups in total. The van der Waals surface area contributed by atoms with Gasteiger partial charge in [-0.1, -0.05) is 13.8 Å². The van der Waals surface area contributed by atoms with Crippen molar-refractivity contribution in [3.8, 4) is 0 Å². The molecule has 4 atom stereocenters. The van der Waals surface area contributed by atoms with E-state index in [9.17, 15) is 4.57 Å². The highest BCUT2D eigenvalue weighted by atomic mass is 31.2. The summed E-state index contributed by atoms with van der Waals surface area (Å²) in [5.41, 5.74) is 0.158. The number of ether oxygens (including phenoxy) is 2. The molecule has 0 aromatic carbocycles. The summed E-state index contributed by atoms with van der Waals surface area (Å²) in [5.74, 6) is 0. The lowest BCUT2D eigenvalue weighted by atomic mass is 9.95. The highest BCUT2D eigenvalue weighted by Crippen LogP contribution is 2.43. The molecule has 0 aromatic rings. The molecular formula is C11H25BNO3P. The Kier molecular flexibility index (Phi) is 5.71. The van der Waals surface area contributed by atoms with Gasteiger partial charge >= 0.3 is 0 Å². The van der Waals surface area contributed by atoms with E-state index in [1.165, 1.54) is 0 Å². The molecule has 0 aromatic heterocycles. The van der Waals surface area contributed by atoms with Gasteiger partial charge in [-0.3, -0.25) is 5.09 Å². The van der Waals surface area contributed by atoms with Crippen molar-refractivity contribution < 1.29 is 14.0 Å². The molecular weight excluding hydrogens is 236 g/mol. The molecule has 1 heterocycles. The van der Waals surface area contributed by atoms with Gasteiger partial charge in [-0.25, -0.2) is 0 Å². The second-order valence-electron chi connectivity index (χ2n) is 5.20. The lowest BCUT2D eigenvalue weighted by Gasteiger charge is -2.26. The van der Waals surface area contributed by atoms with Crippen LogP contribution in [-0.4, -0.2) is 51.5 Å². The van der Waals surface area contributed by atoms with Crippen LogP contribution in [0.25, 0.3) is 0 Å². The van der Waals surface area contributed by atoms with Crippen molar-refractivity contribution in [2.75, 3.05) is 19.9 Å². The fourth-order valence-corrected chi connectivity index (χ4v) is 3.19. The van der Waals surface area contributed by atoms with Crippen LogP contribution in [-0.2, 0) is 14.0 Å². The predicted molar refractivity (Wildman–Crippen MR) is 73.9 cm³/mol. The van der Waals surface area contributed by atoms with Crippen molar-refractivity contribution in [3.63, 3.8) is 0 Å². The van der Waals surface area contributed by atoms with Gasteiger partial charge in [-0.05, 0) is 13.3 Å². The number of hydrogen-bond acceptors (Lipinski definition) is 3.